The van der Waals surface area contributed by atoms with Crippen LogP contribution in [0.1, 0.15) is 22.8 Å². The van der Waals surface area contributed by atoms with Crippen molar-refractivity contribution in [3.63, 3.8) is 0 Å². The number of para-hydroxylation sites is 2. The summed E-state index contributed by atoms with van der Waals surface area (Å²) in [5, 5.41) is 3.18. The summed E-state index contributed by atoms with van der Waals surface area (Å²) in [6.45, 7) is 4.07. The van der Waals surface area contributed by atoms with Crippen molar-refractivity contribution in [1.82, 2.24) is 0 Å². The predicted molar refractivity (Wildman–Crippen MR) is 81.3 cm³/mol. The zero-order chi connectivity index (χ0) is 14.5. The number of carbonyl (C=O) groups excluding carboxylic acids is 1. The van der Waals surface area contributed by atoms with E-state index in [0.29, 0.717) is 23.5 Å². The first-order valence-electron chi connectivity index (χ1n) is 6.51. The predicted octanol–water partition coefficient (Wildman–Crippen LogP) is 3.50. The topological polar surface area (TPSA) is 64.3 Å². The van der Waals surface area contributed by atoms with E-state index in [1.165, 1.54) is 0 Å². The molecule has 0 fully saturated rings. The minimum Gasteiger partial charge on any atom is -0.462 e. The lowest BCUT2D eigenvalue weighted by Gasteiger charge is -2.13. The Morgan fingerprint density at radius 1 is 1.20 bits per heavy atom. The maximum atomic E-state index is 12.0. The number of aryl methyl sites for hydroxylation is 1. The van der Waals surface area contributed by atoms with Crippen LogP contribution in [0.2, 0.25) is 0 Å². The second-order valence-electron chi connectivity index (χ2n) is 4.48. The summed E-state index contributed by atoms with van der Waals surface area (Å²) >= 11 is 0. The molecule has 20 heavy (non-hydrogen) atoms. The van der Waals surface area contributed by atoms with Crippen molar-refractivity contribution >= 4 is 23.0 Å². The van der Waals surface area contributed by atoms with Crippen LogP contribution in [0, 0.1) is 6.92 Å². The van der Waals surface area contributed by atoms with E-state index in [9.17, 15) is 4.79 Å². The van der Waals surface area contributed by atoms with E-state index in [-0.39, 0.29) is 5.97 Å². The summed E-state index contributed by atoms with van der Waals surface area (Å²) in [4.78, 5) is 12.0. The highest BCUT2D eigenvalue weighted by Gasteiger charge is 2.13. The molecule has 0 aliphatic carbocycles. The van der Waals surface area contributed by atoms with Gasteiger partial charge in [-0.2, -0.15) is 0 Å². The second-order valence-corrected chi connectivity index (χ2v) is 4.48. The summed E-state index contributed by atoms with van der Waals surface area (Å²) in [6, 6.07) is 13.0. The van der Waals surface area contributed by atoms with Gasteiger partial charge in [-0.15, -0.1) is 0 Å². The maximum Gasteiger partial charge on any atom is 0.340 e. The molecule has 0 radical (unpaired) electrons. The van der Waals surface area contributed by atoms with E-state index in [2.05, 4.69) is 5.32 Å². The third-order valence-corrected chi connectivity index (χ3v) is 2.90. The molecule has 0 unspecified atom stereocenters. The molecule has 3 N–H and O–H groups in total. The van der Waals surface area contributed by atoms with Gasteiger partial charge in [-0.05, 0) is 38.1 Å². The van der Waals surface area contributed by atoms with E-state index in [1.807, 2.05) is 37.3 Å². The maximum absolute atomic E-state index is 12.0. The summed E-state index contributed by atoms with van der Waals surface area (Å²) in [5.41, 5.74) is 9.49. The van der Waals surface area contributed by atoms with Gasteiger partial charge in [0.15, 0.2) is 0 Å². The monoisotopic (exact) mass is 270 g/mol. The third-order valence-electron chi connectivity index (χ3n) is 2.90. The van der Waals surface area contributed by atoms with Crippen LogP contribution in [-0.2, 0) is 4.74 Å². The first kappa shape index (κ1) is 13.9. The Morgan fingerprint density at radius 3 is 2.65 bits per heavy atom. The van der Waals surface area contributed by atoms with Gasteiger partial charge in [-0.3, -0.25) is 0 Å². The molecule has 2 aromatic carbocycles. The number of ether oxygens (including phenoxy) is 1. The van der Waals surface area contributed by atoms with Crippen LogP contribution in [0.4, 0.5) is 17.1 Å². The fourth-order valence-electron chi connectivity index (χ4n) is 1.90. The molecule has 0 bridgehead atoms. The molecule has 0 atom stereocenters. The summed E-state index contributed by atoms with van der Waals surface area (Å²) in [5.74, 6) is -0.340. The number of carbonyl (C=O) groups is 1. The molecule has 2 rings (SSSR count). The van der Waals surface area contributed by atoms with Gasteiger partial charge in [0, 0.05) is 0 Å². The lowest BCUT2D eigenvalue weighted by molar-refractivity contribution is 0.0527. The molecule has 0 spiro atoms. The van der Waals surface area contributed by atoms with Crippen molar-refractivity contribution < 1.29 is 9.53 Å². The zero-order valence-electron chi connectivity index (χ0n) is 11.6. The lowest BCUT2D eigenvalue weighted by atomic mass is 10.1. The number of benzene rings is 2. The van der Waals surface area contributed by atoms with Crippen LogP contribution < -0.4 is 11.1 Å². The van der Waals surface area contributed by atoms with Crippen molar-refractivity contribution in [3.8, 4) is 0 Å². The molecule has 0 heterocycles. The van der Waals surface area contributed by atoms with Gasteiger partial charge in [0.05, 0.1) is 29.2 Å². The molecule has 0 aliphatic rings. The number of hydrogen-bond acceptors (Lipinski definition) is 4. The van der Waals surface area contributed by atoms with Gasteiger partial charge < -0.3 is 15.8 Å². The summed E-state index contributed by atoms with van der Waals surface area (Å²) in [7, 11) is 0. The van der Waals surface area contributed by atoms with E-state index < -0.39 is 0 Å². The Bertz CT molecular complexity index is 624. The van der Waals surface area contributed by atoms with E-state index in [1.54, 1.807) is 19.1 Å². The Morgan fingerprint density at radius 2 is 1.95 bits per heavy atom. The highest BCUT2D eigenvalue weighted by atomic mass is 16.5. The number of nitrogen functional groups attached to an aromatic ring is 1. The first-order valence-corrected chi connectivity index (χ1v) is 6.51. The van der Waals surface area contributed by atoms with Crippen LogP contribution >= 0.6 is 0 Å². The molecule has 0 saturated carbocycles. The first-order chi connectivity index (χ1) is 9.61. The number of nitrogens with one attached hydrogen (secondary N) is 1. The molecule has 4 nitrogen and oxygen atoms in total. The van der Waals surface area contributed by atoms with E-state index in [0.717, 1.165) is 11.3 Å². The number of anilines is 3. The van der Waals surface area contributed by atoms with Crippen LogP contribution in [0.5, 0.6) is 0 Å². The van der Waals surface area contributed by atoms with E-state index in [4.69, 9.17) is 10.5 Å². The van der Waals surface area contributed by atoms with Crippen molar-refractivity contribution in [2.24, 2.45) is 0 Å². The SMILES string of the molecule is CCOC(=O)c1cc(C)ccc1Nc1ccccc1N. The molecule has 0 amide bonds. The van der Waals surface area contributed by atoms with Crippen LogP contribution in [0.15, 0.2) is 42.5 Å². The van der Waals surface area contributed by atoms with Crippen molar-refractivity contribution in [2.45, 2.75) is 13.8 Å². The Labute approximate surface area is 118 Å². The largest absolute Gasteiger partial charge is 0.462 e. The molecular formula is C16H18N2O2. The molecule has 2 aromatic rings. The number of hydrogen-bond donors (Lipinski definition) is 2. The zero-order valence-corrected chi connectivity index (χ0v) is 11.6. The Hall–Kier alpha value is -2.49. The highest BCUT2D eigenvalue weighted by Crippen LogP contribution is 2.26. The third kappa shape index (κ3) is 3.09. The average Bonchev–Trinajstić information content (AvgIpc) is 2.43. The molecule has 4 heteroatoms. The molecule has 0 aromatic heterocycles. The molecule has 0 saturated heterocycles. The van der Waals surface area contributed by atoms with E-state index >= 15 is 0 Å². The van der Waals surface area contributed by atoms with Crippen molar-refractivity contribution in [3.05, 3.63) is 53.6 Å². The Kier molecular flexibility index (Phi) is 4.25. The fraction of sp³-hybridized carbons (Fsp3) is 0.188. The summed E-state index contributed by atoms with van der Waals surface area (Å²) < 4.78 is 5.08. The van der Waals surface area contributed by atoms with Gasteiger partial charge in [-0.1, -0.05) is 23.8 Å². The van der Waals surface area contributed by atoms with Crippen LogP contribution in [0.25, 0.3) is 0 Å². The average molecular weight is 270 g/mol. The molecule has 0 aliphatic heterocycles. The molecule has 104 valence electrons. The number of nitrogens with two attached hydrogens (primary N) is 1. The standard InChI is InChI=1S/C16H18N2O2/c1-3-20-16(19)12-10-11(2)8-9-14(12)18-15-7-5-4-6-13(15)17/h4-10,18H,3,17H2,1-2H3. The number of esters is 1. The highest BCUT2D eigenvalue weighted by molar-refractivity contribution is 5.97. The second kappa shape index (κ2) is 6.10. The smallest absolute Gasteiger partial charge is 0.340 e. The van der Waals surface area contributed by atoms with Crippen molar-refractivity contribution in [1.29, 1.82) is 0 Å². The Balaban J connectivity index is 2.36. The molecular weight excluding hydrogens is 252 g/mol. The van der Waals surface area contributed by atoms with Gasteiger partial charge in [0.2, 0.25) is 0 Å². The minimum absolute atomic E-state index is 0.340. The normalized spacial score (nSPS) is 10.1. The van der Waals surface area contributed by atoms with Gasteiger partial charge in [0.1, 0.15) is 0 Å². The minimum atomic E-state index is -0.340. The van der Waals surface area contributed by atoms with Crippen LogP contribution in [0.3, 0.4) is 0 Å². The van der Waals surface area contributed by atoms with Gasteiger partial charge in [-0.25, -0.2) is 4.79 Å². The van der Waals surface area contributed by atoms with Crippen molar-refractivity contribution in [2.75, 3.05) is 17.7 Å². The lowest BCUT2D eigenvalue weighted by Crippen LogP contribution is -2.08. The summed E-state index contributed by atoms with van der Waals surface area (Å²) in [6.07, 6.45) is 0. The van der Waals surface area contributed by atoms with Gasteiger partial charge >= 0.3 is 5.97 Å². The van der Waals surface area contributed by atoms with Gasteiger partial charge in [0.25, 0.3) is 0 Å². The number of rotatable bonds is 4. The quantitative estimate of drug-likeness (QED) is 0.659. The van der Waals surface area contributed by atoms with Crippen LogP contribution in [-0.4, -0.2) is 12.6 Å². The fourth-order valence-corrected chi connectivity index (χ4v) is 1.90.